The molecule has 2 aromatic carbocycles. The van der Waals surface area contributed by atoms with Crippen LogP contribution in [0, 0.1) is 5.82 Å². The molecule has 0 fully saturated rings. The van der Waals surface area contributed by atoms with Crippen molar-refractivity contribution in [2.45, 2.75) is 19.3 Å². The summed E-state index contributed by atoms with van der Waals surface area (Å²) in [6.45, 7) is 1.99. The van der Waals surface area contributed by atoms with Crippen LogP contribution in [0.4, 0.5) is 10.1 Å². The highest BCUT2D eigenvalue weighted by molar-refractivity contribution is 5.82. The fourth-order valence-corrected chi connectivity index (χ4v) is 3.32. The Kier molecular flexibility index (Phi) is 3.11. The largest absolute Gasteiger partial charge is 0.398 e. The molecule has 3 aromatic rings. The summed E-state index contributed by atoms with van der Waals surface area (Å²) in [5.74, 6) is 0.0662. The van der Waals surface area contributed by atoms with Gasteiger partial charge in [0.1, 0.15) is 5.82 Å². The number of aromatic nitrogens is 2. The van der Waals surface area contributed by atoms with E-state index in [1.54, 1.807) is 0 Å². The number of nitrogen functional groups attached to an aromatic ring is 1. The van der Waals surface area contributed by atoms with Gasteiger partial charge in [0.15, 0.2) is 5.82 Å². The van der Waals surface area contributed by atoms with E-state index in [2.05, 4.69) is 34.2 Å². The third kappa shape index (κ3) is 2.18. The van der Waals surface area contributed by atoms with Crippen LogP contribution in [0.3, 0.4) is 0 Å². The Labute approximate surface area is 134 Å². The molecule has 1 aromatic heterocycles. The first-order chi connectivity index (χ1) is 11.1. The minimum atomic E-state index is -0.432. The van der Waals surface area contributed by atoms with E-state index in [9.17, 15) is 4.39 Å². The summed E-state index contributed by atoms with van der Waals surface area (Å²) in [7, 11) is 0. The van der Waals surface area contributed by atoms with Crippen molar-refractivity contribution >= 4 is 5.69 Å². The smallest absolute Gasteiger partial charge is 0.159 e. The summed E-state index contributed by atoms with van der Waals surface area (Å²) in [6, 6.07) is 12.5. The molecule has 0 aliphatic heterocycles. The molecular weight excluding hydrogens is 289 g/mol. The Balaban J connectivity index is 1.78. The van der Waals surface area contributed by atoms with E-state index in [1.165, 1.54) is 29.1 Å². The number of benzene rings is 2. The van der Waals surface area contributed by atoms with Crippen molar-refractivity contribution in [3.05, 3.63) is 77.1 Å². The van der Waals surface area contributed by atoms with E-state index in [0.717, 1.165) is 23.2 Å². The number of nitrogens with two attached hydrogens (primary N) is 1. The molecule has 3 nitrogen and oxygen atoms in total. The quantitative estimate of drug-likeness (QED) is 0.571. The van der Waals surface area contributed by atoms with E-state index in [1.807, 2.05) is 19.1 Å². The van der Waals surface area contributed by atoms with Gasteiger partial charge in [-0.3, -0.25) is 0 Å². The molecule has 1 atom stereocenters. The van der Waals surface area contributed by atoms with Gasteiger partial charge in [-0.2, -0.15) is 0 Å². The van der Waals surface area contributed by atoms with Crippen LogP contribution >= 0.6 is 0 Å². The summed E-state index contributed by atoms with van der Waals surface area (Å²) in [6.07, 6.45) is 3.23. The van der Waals surface area contributed by atoms with Crippen LogP contribution in [-0.4, -0.2) is 9.97 Å². The van der Waals surface area contributed by atoms with Crippen molar-refractivity contribution in [1.29, 1.82) is 0 Å². The third-order valence-electron chi connectivity index (χ3n) is 4.56. The predicted octanol–water partition coefficient (Wildman–Crippen LogP) is 3.92. The molecule has 0 saturated heterocycles. The first-order valence-corrected chi connectivity index (χ1v) is 7.62. The fraction of sp³-hybridized carbons (Fsp3) is 0.158. The predicted molar refractivity (Wildman–Crippen MR) is 88.6 cm³/mol. The highest BCUT2D eigenvalue weighted by atomic mass is 19.1. The summed E-state index contributed by atoms with van der Waals surface area (Å²) in [4.78, 5) is 8.17. The zero-order valence-corrected chi connectivity index (χ0v) is 12.8. The lowest BCUT2D eigenvalue weighted by Crippen LogP contribution is -2.07. The average Bonchev–Trinajstić information content (AvgIpc) is 2.95. The molecule has 0 bridgehead atoms. The van der Waals surface area contributed by atoms with Gasteiger partial charge in [0, 0.05) is 18.0 Å². The second kappa shape index (κ2) is 5.16. The van der Waals surface area contributed by atoms with Crippen molar-refractivity contribution in [2.75, 3.05) is 5.73 Å². The molecular formula is C19H16FN3. The van der Waals surface area contributed by atoms with Crippen LogP contribution in [0.15, 0.2) is 48.8 Å². The standard InChI is InChI=1S/C19H16FN3/c1-11(19-22-9-13(20)10-23-19)14-6-7-16-15-5-3-2-4-12(15)8-17(16)18(14)21/h2-7,9-11H,8,21H2,1H3/t11-/m1/s1. The minimum absolute atomic E-state index is 0.0791. The fourth-order valence-electron chi connectivity index (χ4n) is 3.32. The normalized spacial score (nSPS) is 13.5. The maximum atomic E-state index is 13.0. The number of fused-ring (bicyclic) bond motifs is 3. The summed E-state index contributed by atoms with van der Waals surface area (Å²) in [5, 5.41) is 0. The van der Waals surface area contributed by atoms with Crippen LogP contribution in [0.25, 0.3) is 11.1 Å². The lowest BCUT2D eigenvalue weighted by Gasteiger charge is -2.16. The van der Waals surface area contributed by atoms with E-state index < -0.39 is 5.82 Å². The Morgan fingerprint density at radius 1 is 1.04 bits per heavy atom. The second-order valence-corrected chi connectivity index (χ2v) is 5.91. The van der Waals surface area contributed by atoms with E-state index in [-0.39, 0.29) is 5.92 Å². The number of rotatable bonds is 2. The third-order valence-corrected chi connectivity index (χ3v) is 4.56. The molecule has 114 valence electrons. The molecule has 4 heteroatoms. The van der Waals surface area contributed by atoms with Gasteiger partial charge in [-0.15, -0.1) is 0 Å². The molecule has 0 unspecified atom stereocenters. The molecule has 4 rings (SSSR count). The average molecular weight is 305 g/mol. The van der Waals surface area contributed by atoms with Gasteiger partial charge in [0.05, 0.1) is 12.4 Å². The molecule has 1 heterocycles. The van der Waals surface area contributed by atoms with Gasteiger partial charge in [-0.25, -0.2) is 14.4 Å². The van der Waals surface area contributed by atoms with Gasteiger partial charge in [0.2, 0.25) is 0 Å². The van der Waals surface area contributed by atoms with E-state index in [0.29, 0.717) is 5.82 Å². The summed E-state index contributed by atoms with van der Waals surface area (Å²) < 4.78 is 13.0. The lowest BCUT2D eigenvalue weighted by molar-refractivity contribution is 0.606. The van der Waals surface area contributed by atoms with Gasteiger partial charge >= 0.3 is 0 Å². The zero-order chi connectivity index (χ0) is 16.0. The maximum absolute atomic E-state index is 13.0. The molecule has 23 heavy (non-hydrogen) atoms. The minimum Gasteiger partial charge on any atom is -0.398 e. The first-order valence-electron chi connectivity index (χ1n) is 7.62. The molecule has 0 spiro atoms. The van der Waals surface area contributed by atoms with Crippen LogP contribution in [0.5, 0.6) is 0 Å². The molecule has 1 aliphatic rings. The Hall–Kier alpha value is -2.75. The molecule has 0 saturated carbocycles. The van der Waals surface area contributed by atoms with Crippen molar-refractivity contribution in [2.24, 2.45) is 0 Å². The van der Waals surface area contributed by atoms with Crippen LogP contribution in [0.1, 0.15) is 35.4 Å². The van der Waals surface area contributed by atoms with Crippen LogP contribution in [-0.2, 0) is 6.42 Å². The van der Waals surface area contributed by atoms with Crippen LogP contribution in [0.2, 0.25) is 0 Å². The monoisotopic (exact) mass is 305 g/mol. The van der Waals surface area contributed by atoms with Crippen molar-refractivity contribution in [3.8, 4) is 11.1 Å². The summed E-state index contributed by atoms with van der Waals surface area (Å²) >= 11 is 0. The summed E-state index contributed by atoms with van der Waals surface area (Å²) in [5.41, 5.74) is 13.2. The number of anilines is 1. The SMILES string of the molecule is C[C@@H](c1ncc(F)cn1)c1ccc2c(c1N)Cc1ccccc1-2. The number of hydrogen-bond donors (Lipinski definition) is 1. The Morgan fingerprint density at radius 3 is 2.57 bits per heavy atom. The highest BCUT2D eigenvalue weighted by Gasteiger charge is 2.24. The van der Waals surface area contributed by atoms with Gasteiger partial charge in [0.25, 0.3) is 0 Å². The number of halogens is 1. The van der Waals surface area contributed by atoms with Crippen molar-refractivity contribution < 1.29 is 4.39 Å². The number of hydrogen-bond acceptors (Lipinski definition) is 3. The molecule has 2 N–H and O–H groups in total. The van der Waals surface area contributed by atoms with Crippen LogP contribution < -0.4 is 5.73 Å². The van der Waals surface area contributed by atoms with E-state index >= 15 is 0 Å². The topological polar surface area (TPSA) is 51.8 Å². The van der Waals surface area contributed by atoms with Gasteiger partial charge in [-0.05, 0) is 27.8 Å². The molecule has 0 amide bonds. The van der Waals surface area contributed by atoms with E-state index in [4.69, 9.17) is 5.73 Å². The molecule has 0 radical (unpaired) electrons. The maximum Gasteiger partial charge on any atom is 0.159 e. The highest BCUT2D eigenvalue weighted by Crippen LogP contribution is 2.42. The second-order valence-electron chi connectivity index (χ2n) is 5.91. The Morgan fingerprint density at radius 2 is 1.78 bits per heavy atom. The number of nitrogens with zero attached hydrogens (tertiary/aromatic N) is 2. The van der Waals surface area contributed by atoms with Crippen molar-refractivity contribution in [3.63, 3.8) is 0 Å². The zero-order valence-electron chi connectivity index (χ0n) is 12.8. The molecule has 1 aliphatic carbocycles. The lowest BCUT2D eigenvalue weighted by atomic mass is 9.93. The van der Waals surface area contributed by atoms with Gasteiger partial charge < -0.3 is 5.73 Å². The van der Waals surface area contributed by atoms with Gasteiger partial charge in [-0.1, -0.05) is 43.3 Å². The van der Waals surface area contributed by atoms with Crippen molar-refractivity contribution in [1.82, 2.24) is 9.97 Å². The first kappa shape index (κ1) is 13.9. The Bertz CT molecular complexity index is 888.